The third-order valence-electron chi connectivity index (χ3n) is 2.28. The maximum Gasteiger partial charge on any atom is 0.279 e. The van der Waals surface area contributed by atoms with Gasteiger partial charge in [-0.3, -0.25) is 0 Å². The van der Waals surface area contributed by atoms with Crippen LogP contribution >= 0.6 is 0 Å². The summed E-state index contributed by atoms with van der Waals surface area (Å²) in [4.78, 5) is 0. The van der Waals surface area contributed by atoms with Crippen LogP contribution in [0, 0.1) is 0 Å². The summed E-state index contributed by atoms with van der Waals surface area (Å²) < 4.78 is 32.5. The fourth-order valence-corrected chi connectivity index (χ4v) is 2.77. The first-order valence-electron chi connectivity index (χ1n) is 5.49. The third kappa shape index (κ3) is 4.61. The minimum Gasteiger partial charge on any atom is -0.376 e. The van der Waals surface area contributed by atoms with Crippen molar-refractivity contribution >= 4 is 10.2 Å². The van der Waals surface area contributed by atoms with Gasteiger partial charge in [-0.2, -0.15) is 17.4 Å². The summed E-state index contributed by atoms with van der Waals surface area (Å²) in [5.41, 5.74) is 0.933. The molecule has 0 saturated carbocycles. The molecule has 1 aliphatic rings. The van der Waals surface area contributed by atoms with Gasteiger partial charge in [-0.05, 0) is 19.8 Å². The van der Waals surface area contributed by atoms with Crippen molar-refractivity contribution in [2.24, 2.45) is 0 Å². The van der Waals surface area contributed by atoms with Gasteiger partial charge in [0.15, 0.2) is 0 Å². The highest BCUT2D eigenvalue weighted by molar-refractivity contribution is 7.87. The largest absolute Gasteiger partial charge is 0.376 e. The molecule has 0 aromatic heterocycles. The molecule has 6 heteroatoms. The first-order chi connectivity index (χ1) is 7.52. The van der Waals surface area contributed by atoms with E-state index in [4.69, 9.17) is 4.74 Å². The van der Waals surface area contributed by atoms with E-state index in [1.807, 2.05) is 6.92 Å². The summed E-state index contributed by atoms with van der Waals surface area (Å²) in [6, 6.07) is 0. The van der Waals surface area contributed by atoms with Gasteiger partial charge in [-0.25, -0.2) is 0 Å². The molecule has 0 spiro atoms. The predicted octanol–water partition coefficient (Wildman–Crippen LogP) is 0.509. The summed E-state index contributed by atoms with van der Waals surface area (Å²) in [6.07, 6.45) is 1.90. The highest BCUT2D eigenvalue weighted by Gasteiger charge is 2.24. The van der Waals surface area contributed by atoms with E-state index in [2.05, 4.69) is 11.3 Å². The molecule has 0 bridgehead atoms. The Balaban J connectivity index is 2.18. The lowest BCUT2D eigenvalue weighted by molar-refractivity contribution is 0.161. The van der Waals surface area contributed by atoms with Crippen LogP contribution in [0.25, 0.3) is 0 Å². The first kappa shape index (κ1) is 13.6. The molecule has 0 aliphatic carbocycles. The maximum atomic E-state index is 11.7. The van der Waals surface area contributed by atoms with Crippen molar-refractivity contribution in [1.29, 1.82) is 0 Å². The first-order valence-corrected chi connectivity index (χ1v) is 6.93. The molecule has 0 aromatic rings. The van der Waals surface area contributed by atoms with Gasteiger partial charge < -0.3 is 4.74 Å². The quantitative estimate of drug-likeness (QED) is 0.527. The van der Waals surface area contributed by atoms with E-state index in [9.17, 15) is 8.42 Å². The Labute approximate surface area is 97.6 Å². The Kier molecular flexibility index (Phi) is 5.40. The van der Waals surface area contributed by atoms with Gasteiger partial charge in [0.25, 0.3) is 10.2 Å². The van der Waals surface area contributed by atoms with Crippen molar-refractivity contribution in [1.82, 2.24) is 9.03 Å². The Hall–Kier alpha value is -0.430. The second-order valence-electron chi connectivity index (χ2n) is 4.02. The van der Waals surface area contributed by atoms with Crippen molar-refractivity contribution in [3.05, 3.63) is 12.2 Å². The van der Waals surface area contributed by atoms with Gasteiger partial charge in [0.1, 0.15) is 0 Å². The van der Waals surface area contributed by atoms with E-state index in [0.29, 0.717) is 32.8 Å². The number of hydrogen-bond acceptors (Lipinski definition) is 3. The Morgan fingerprint density at radius 3 is 2.62 bits per heavy atom. The predicted molar refractivity (Wildman–Crippen MR) is 63.4 cm³/mol. The standard InChI is InChI=1S/C10H20N2O3S/c1-10(2)9-15-8-5-11-16(13,14)12-6-3-4-7-12/h11H,1,3-9H2,2H3. The molecule has 94 valence electrons. The molecule has 1 N–H and O–H groups in total. The van der Waals surface area contributed by atoms with Crippen molar-refractivity contribution in [3.63, 3.8) is 0 Å². The molecule has 1 rings (SSSR count). The minimum atomic E-state index is -3.28. The van der Waals surface area contributed by atoms with Gasteiger partial charge in [0.2, 0.25) is 0 Å². The number of hydrogen-bond donors (Lipinski definition) is 1. The van der Waals surface area contributed by atoms with E-state index < -0.39 is 10.2 Å². The molecule has 5 nitrogen and oxygen atoms in total. The van der Waals surface area contributed by atoms with Crippen LogP contribution in [0.5, 0.6) is 0 Å². The third-order valence-corrected chi connectivity index (χ3v) is 3.90. The van der Waals surface area contributed by atoms with Crippen LogP contribution in [-0.4, -0.2) is 45.6 Å². The van der Waals surface area contributed by atoms with E-state index in [1.165, 1.54) is 4.31 Å². The van der Waals surface area contributed by atoms with E-state index in [1.54, 1.807) is 0 Å². The molecule has 0 aromatic carbocycles. The fraction of sp³-hybridized carbons (Fsp3) is 0.800. The van der Waals surface area contributed by atoms with E-state index >= 15 is 0 Å². The van der Waals surface area contributed by atoms with Gasteiger partial charge >= 0.3 is 0 Å². The lowest BCUT2D eigenvalue weighted by Gasteiger charge is -2.15. The lowest BCUT2D eigenvalue weighted by Crippen LogP contribution is -2.40. The van der Waals surface area contributed by atoms with Gasteiger partial charge in [-0.15, -0.1) is 0 Å². The molecule has 0 radical (unpaired) electrons. The van der Waals surface area contributed by atoms with E-state index in [-0.39, 0.29) is 0 Å². The van der Waals surface area contributed by atoms with Crippen molar-refractivity contribution in [2.75, 3.05) is 32.8 Å². The molecule has 0 amide bonds. The zero-order valence-electron chi connectivity index (χ0n) is 9.74. The Morgan fingerprint density at radius 1 is 1.44 bits per heavy atom. The number of rotatable bonds is 7. The topological polar surface area (TPSA) is 58.6 Å². The van der Waals surface area contributed by atoms with Crippen LogP contribution in [0.4, 0.5) is 0 Å². The average Bonchev–Trinajstić information content (AvgIpc) is 2.69. The van der Waals surface area contributed by atoms with Crippen LogP contribution in [0.2, 0.25) is 0 Å². The van der Waals surface area contributed by atoms with Gasteiger partial charge in [0.05, 0.1) is 13.2 Å². The summed E-state index contributed by atoms with van der Waals surface area (Å²) >= 11 is 0. The SMILES string of the molecule is C=C(C)COCCNS(=O)(=O)N1CCCC1. The maximum absolute atomic E-state index is 11.7. The molecule has 1 heterocycles. The van der Waals surface area contributed by atoms with Crippen LogP contribution in [0.3, 0.4) is 0 Å². The summed E-state index contributed by atoms with van der Waals surface area (Å²) in [7, 11) is -3.28. The molecular formula is C10H20N2O3S. The molecule has 1 saturated heterocycles. The monoisotopic (exact) mass is 248 g/mol. The second kappa shape index (κ2) is 6.34. The van der Waals surface area contributed by atoms with Crippen molar-refractivity contribution in [3.8, 4) is 0 Å². The zero-order valence-corrected chi connectivity index (χ0v) is 10.6. The number of ether oxygens (including phenoxy) is 1. The Morgan fingerprint density at radius 2 is 2.06 bits per heavy atom. The molecule has 1 fully saturated rings. The second-order valence-corrected chi connectivity index (χ2v) is 5.77. The molecule has 16 heavy (non-hydrogen) atoms. The highest BCUT2D eigenvalue weighted by atomic mass is 32.2. The minimum absolute atomic E-state index is 0.312. The zero-order chi connectivity index (χ0) is 12.0. The van der Waals surface area contributed by atoms with Crippen LogP contribution < -0.4 is 4.72 Å². The van der Waals surface area contributed by atoms with Crippen LogP contribution in [-0.2, 0) is 14.9 Å². The number of nitrogens with one attached hydrogen (secondary N) is 1. The molecule has 0 atom stereocenters. The van der Waals surface area contributed by atoms with Crippen LogP contribution in [0.1, 0.15) is 19.8 Å². The molecular weight excluding hydrogens is 228 g/mol. The average molecular weight is 248 g/mol. The van der Waals surface area contributed by atoms with Crippen LogP contribution in [0.15, 0.2) is 12.2 Å². The van der Waals surface area contributed by atoms with Gasteiger partial charge in [0, 0.05) is 19.6 Å². The van der Waals surface area contributed by atoms with Crippen molar-refractivity contribution < 1.29 is 13.2 Å². The van der Waals surface area contributed by atoms with E-state index in [0.717, 1.165) is 18.4 Å². The highest BCUT2D eigenvalue weighted by Crippen LogP contribution is 2.10. The Bertz CT molecular complexity index is 321. The molecule has 1 aliphatic heterocycles. The summed E-state index contributed by atoms with van der Waals surface area (Å²) in [6.45, 7) is 7.98. The van der Waals surface area contributed by atoms with Crippen molar-refractivity contribution in [2.45, 2.75) is 19.8 Å². The fourth-order valence-electron chi connectivity index (χ4n) is 1.51. The summed E-state index contributed by atoms with van der Waals surface area (Å²) in [5.74, 6) is 0. The normalized spacial score (nSPS) is 17.8. The smallest absolute Gasteiger partial charge is 0.279 e. The molecule has 0 unspecified atom stereocenters. The summed E-state index contributed by atoms with van der Waals surface area (Å²) in [5, 5.41) is 0. The van der Waals surface area contributed by atoms with Gasteiger partial charge in [-0.1, -0.05) is 12.2 Å². The number of nitrogens with zero attached hydrogens (tertiary/aromatic N) is 1. The lowest BCUT2D eigenvalue weighted by atomic mass is 10.4.